The number of halogens is 1. The highest BCUT2D eigenvalue weighted by Crippen LogP contribution is 2.20. The van der Waals surface area contributed by atoms with E-state index in [1.165, 1.54) is 11.1 Å². The molecule has 0 amide bonds. The van der Waals surface area contributed by atoms with E-state index >= 15 is 0 Å². The zero-order valence-electron chi connectivity index (χ0n) is 13.2. The van der Waals surface area contributed by atoms with Crippen LogP contribution in [0.25, 0.3) is 0 Å². The monoisotopic (exact) mass is 305 g/mol. The minimum absolute atomic E-state index is 0.0264. The Morgan fingerprint density at radius 3 is 2.43 bits per heavy atom. The van der Waals surface area contributed by atoms with Crippen LogP contribution in [0.5, 0.6) is 0 Å². The van der Waals surface area contributed by atoms with E-state index in [9.17, 15) is 0 Å². The fourth-order valence-corrected chi connectivity index (χ4v) is 2.38. The Labute approximate surface area is 132 Å². The Morgan fingerprint density at radius 2 is 1.90 bits per heavy atom. The number of hydrogen-bond donors (Lipinski definition) is 1. The van der Waals surface area contributed by atoms with E-state index in [0.717, 1.165) is 18.0 Å². The van der Waals surface area contributed by atoms with E-state index in [1.807, 2.05) is 23.0 Å². The molecule has 0 fully saturated rings. The summed E-state index contributed by atoms with van der Waals surface area (Å²) in [7, 11) is 0. The lowest BCUT2D eigenvalue weighted by molar-refractivity contribution is 0.355. The van der Waals surface area contributed by atoms with E-state index in [4.69, 9.17) is 11.6 Å². The molecule has 1 atom stereocenters. The molecule has 0 spiro atoms. The summed E-state index contributed by atoms with van der Waals surface area (Å²) in [5, 5.41) is 8.80. The predicted octanol–water partition coefficient (Wildman–Crippen LogP) is 4.53. The number of nitrogens with one attached hydrogen (secondary N) is 1. The van der Waals surface area contributed by atoms with Crippen molar-refractivity contribution in [2.75, 3.05) is 0 Å². The van der Waals surface area contributed by atoms with Crippen LogP contribution in [0.3, 0.4) is 0 Å². The maximum Gasteiger partial charge on any atom is 0.0543 e. The van der Waals surface area contributed by atoms with Gasteiger partial charge in [0.1, 0.15) is 0 Å². The molecule has 4 heteroatoms. The third kappa shape index (κ3) is 4.32. The van der Waals surface area contributed by atoms with Gasteiger partial charge in [0.2, 0.25) is 0 Å². The second-order valence-electron chi connectivity index (χ2n) is 6.36. The lowest BCUT2D eigenvalue weighted by atomic mass is 10.0. The topological polar surface area (TPSA) is 29.9 Å². The average molecular weight is 306 g/mol. The summed E-state index contributed by atoms with van der Waals surface area (Å²) in [6, 6.07) is 8.39. The van der Waals surface area contributed by atoms with E-state index in [1.54, 1.807) is 0 Å². The number of hydrogen-bond acceptors (Lipinski definition) is 2. The van der Waals surface area contributed by atoms with Crippen LogP contribution in [-0.2, 0) is 12.1 Å². The van der Waals surface area contributed by atoms with Crippen LogP contribution in [0.4, 0.5) is 0 Å². The van der Waals surface area contributed by atoms with Gasteiger partial charge in [-0.3, -0.25) is 4.68 Å². The first-order chi connectivity index (χ1) is 9.90. The maximum atomic E-state index is 5.95. The molecule has 0 saturated carbocycles. The Morgan fingerprint density at radius 1 is 1.24 bits per heavy atom. The van der Waals surface area contributed by atoms with Crippen LogP contribution >= 0.6 is 11.6 Å². The molecule has 1 heterocycles. The number of benzene rings is 1. The van der Waals surface area contributed by atoms with Crippen LogP contribution in [-0.4, -0.2) is 9.78 Å². The second-order valence-corrected chi connectivity index (χ2v) is 6.79. The van der Waals surface area contributed by atoms with Gasteiger partial charge in [-0.05, 0) is 44.9 Å². The molecule has 2 aromatic rings. The normalized spacial score (nSPS) is 13.4. The molecule has 0 bridgehead atoms. The summed E-state index contributed by atoms with van der Waals surface area (Å²) in [5.41, 5.74) is 2.50. The summed E-state index contributed by atoms with van der Waals surface area (Å²) in [6.45, 7) is 9.46. The van der Waals surface area contributed by atoms with Crippen molar-refractivity contribution in [1.82, 2.24) is 15.1 Å². The van der Waals surface area contributed by atoms with Gasteiger partial charge in [0.05, 0.1) is 11.7 Å². The number of rotatable bonds is 5. The lowest BCUT2D eigenvalue weighted by Crippen LogP contribution is -2.22. The minimum atomic E-state index is 0.0264. The van der Waals surface area contributed by atoms with Crippen LogP contribution in [0, 0.1) is 0 Å². The SMILES string of the molecule is CCC(NCc1cnn(C(C)(C)C)c1)c1ccc(Cl)cc1. The smallest absolute Gasteiger partial charge is 0.0543 e. The second kappa shape index (κ2) is 6.63. The van der Waals surface area contributed by atoms with Gasteiger partial charge in [0, 0.05) is 29.4 Å². The Balaban J connectivity index is 2.00. The zero-order valence-corrected chi connectivity index (χ0v) is 14.0. The predicted molar refractivity (Wildman–Crippen MR) is 88.5 cm³/mol. The van der Waals surface area contributed by atoms with E-state index < -0.39 is 0 Å². The van der Waals surface area contributed by atoms with Gasteiger partial charge in [-0.15, -0.1) is 0 Å². The molecule has 0 saturated heterocycles. The molecular formula is C17H24ClN3. The van der Waals surface area contributed by atoms with Crippen molar-refractivity contribution in [3.63, 3.8) is 0 Å². The van der Waals surface area contributed by atoms with Crippen LogP contribution in [0.2, 0.25) is 5.02 Å². The highest BCUT2D eigenvalue weighted by atomic mass is 35.5. The molecular weight excluding hydrogens is 282 g/mol. The quantitative estimate of drug-likeness (QED) is 0.879. The first-order valence-corrected chi connectivity index (χ1v) is 7.81. The molecule has 2 rings (SSSR count). The summed E-state index contributed by atoms with van der Waals surface area (Å²) in [5.74, 6) is 0. The van der Waals surface area contributed by atoms with Gasteiger partial charge in [0.15, 0.2) is 0 Å². The van der Waals surface area contributed by atoms with E-state index in [0.29, 0.717) is 6.04 Å². The fraction of sp³-hybridized carbons (Fsp3) is 0.471. The highest BCUT2D eigenvalue weighted by Gasteiger charge is 2.14. The van der Waals surface area contributed by atoms with Crippen molar-refractivity contribution in [1.29, 1.82) is 0 Å². The average Bonchev–Trinajstić information content (AvgIpc) is 2.90. The fourth-order valence-electron chi connectivity index (χ4n) is 2.25. The molecule has 1 aromatic carbocycles. The molecule has 1 N–H and O–H groups in total. The Bertz CT molecular complexity index is 566. The molecule has 0 aliphatic heterocycles. The standard InChI is InChI=1S/C17H24ClN3/c1-5-16(14-6-8-15(18)9-7-14)19-10-13-11-20-21(12-13)17(2,3)4/h6-9,11-12,16,19H,5,10H2,1-4H3. The molecule has 1 unspecified atom stereocenters. The van der Waals surface area contributed by atoms with Crippen LogP contribution in [0.15, 0.2) is 36.7 Å². The van der Waals surface area contributed by atoms with Gasteiger partial charge in [0.25, 0.3) is 0 Å². The van der Waals surface area contributed by atoms with E-state index in [2.05, 4.69) is 56.4 Å². The van der Waals surface area contributed by atoms with Crippen molar-refractivity contribution < 1.29 is 0 Å². The van der Waals surface area contributed by atoms with Crippen LogP contribution in [0.1, 0.15) is 51.3 Å². The Hall–Kier alpha value is -1.32. The van der Waals surface area contributed by atoms with Gasteiger partial charge in [-0.1, -0.05) is 30.7 Å². The summed E-state index contributed by atoms with van der Waals surface area (Å²) < 4.78 is 2.01. The summed E-state index contributed by atoms with van der Waals surface area (Å²) >= 11 is 5.95. The maximum absolute atomic E-state index is 5.95. The van der Waals surface area contributed by atoms with Gasteiger partial charge < -0.3 is 5.32 Å². The first-order valence-electron chi connectivity index (χ1n) is 7.43. The first kappa shape index (κ1) is 16.1. The third-order valence-corrected chi connectivity index (χ3v) is 3.81. The molecule has 0 radical (unpaired) electrons. The minimum Gasteiger partial charge on any atom is -0.306 e. The molecule has 1 aromatic heterocycles. The summed E-state index contributed by atoms with van der Waals surface area (Å²) in [6.07, 6.45) is 5.09. The van der Waals surface area contributed by atoms with Gasteiger partial charge in [-0.2, -0.15) is 5.10 Å². The highest BCUT2D eigenvalue weighted by molar-refractivity contribution is 6.30. The molecule has 0 aliphatic rings. The molecule has 21 heavy (non-hydrogen) atoms. The largest absolute Gasteiger partial charge is 0.306 e. The Kier molecular flexibility index (Phi) is 5.07. The van der Waals surface area contributed by atoms with Gasteiger partial charge >= 0.3 is 0 Å². The van der Waals surface area contributed by atoms with Crippen molar-refractivity contribution in [2.24, 2.45) is 0 Å². The van der Waals surface area contributed by atoms with Crippen molar-refractivity contribution in [2.45, 2.75) is 52.2 Å². The zero-order chi connectivity index (χ0) is 15.5. The number of nitrogens with zero attached hydrogens (tertiary/aromatic N) is 2. The van der Waals surface area contributed by atoms with Crippen LogP contribution < -0.4 is 5.32 Å². The van der Waals surface area contributed by atoms with Crippen molar-refractivity contribution >= 4 is 11.6 Å². The molecule has 114 valence electrons. The molecule has 3 nitrogen and oxygen atoms in total. The summed E-state index contributed by atoms with van der Waals surface area (Å²) in [4.78, 5) is 0. The molecule has 0 aliphatic carbocycles. The van der Waals surface area contributed by atoms with Crippen molar-refractivity contribution in [3.8, 4) is 0 Å². The van der Waals surface area contributed by atoms with E-state index in [-0.39, 0.29) is 5.54 Å². The lowest BCUT2D eigenvalue weighted by Gasteiger charge is -2.19. The van der Waals surface area contributed by atoms with Gasteiger partial charge in [-0.25, -0.2) is 0 Å². The van der Waals surface area contributed by atoms with Crippen molar-refractivity contribution in [3.05, 3.63) is 52.8 Å². The number of aromatic nitrogens is 2. The third-order valence-electron chi connectivity index (χ3n) is 3.56.